The summed E-state index contributed by atoms with van der Waals surface area (Å²) in [6.07, 6.45) is 0. The minimum absolute atomic E-state index is 0.241. The third-order valence-electron chi connectivity index (χ3n) is 2.63. The van der Waals surface area contributed by atoms with E-state index in [4.69, 9.17) is 14.8 Å². The van der Waals surface area contributed by atoms with Gasteiger partial charge in [-0.3, -0.25) is 4.57 Å². The maximum absolute atomic E-state index is 12.5. The number of benzene rings is 1. The number of rotatable bonds is 7. The third kappa shape index (κ3) is 3.90. The molecular weight excluding hydrogens is 281 g/mol. The summed E-state index contributed by atoms with van der Waals surface area (Å²) in [7, 11) is -2.11. The molecule has 112 valence electrons. The highest BCUT2D eigenvalue weighted by atomic mass is 31.2. The molecule has 0 aliphatic rings. The summed E-state index contributed by atoms with van der Waals surface area (Å²) >= 11 is 0. The van der Waals surface area contributed by atoms with Crippen LogP contribution in [0.15, 0.2) is 24.3 Å². The van der Waals surface area contributed by atoms with E-state index in [1.807, 2.05) is 0 Å². The summed E-state index contributed by atoms with van der Waals surface area (Å²) in [4.78, 5) is 11.3. The summed E-state index contributed by atoms with van der Waals surface area (Å²) in [6.45, 7) is 3.92. The van der Waals surface area contributed by atoms with Crippen molar-refractivity contribution in [3.05, 3.63) is 35.4 Å². The van der Waals surface area contributed by atoms with Crippen molar-refractivity contribution in [1.29, 1.82) is 0 Å². The Morgan fingerprint density at radius 1 is 1.20 bits per heavy atom. The van der Waals surface area contributed by atoms with Crippen LogP contribution in [0.2, 0.25) is 0 Å². The van der Waals surface area contributed by atoms with E-state index in [9.17, 15) is 9.36 Å². The standard InChI is InChI=1S/C13H20NO5P/c1-4-18-20(16,19-5-2)12(14)10-6-8-11(9-7-10)13(15)17-3/h6-9,12H,4-5,14H2,1-3H3/t12-/m1/s1. The van der Waals surface area contributed by atoms with Gasteiger partial charge in [-0.2, -0.15) is 0 Å². The normalized spacial score (nSPS) is 13.0. The van der Waals surface area contributed by atoms with Crippen molar-refractivity contribution < 1.29 is 23.1 Å². The molecule has 0 heterocycles. The number of carbonyl (C=O) groups is 1. The van der Waals surface area contributed by atoms with Crippen LogP contribution < -0.4 is 5.73 Å². The largest absolute Gasteiger partial charge is 0.465 e. The van der Waals surface area contributed by atoms with Crippen LogP contribution in [0.25, 0.3) is 0 Å². The second kappa shape index (κ2) is 7.55. The van der Waals surface area contributed by atoms with Gasteiger partial charge in [-0.15, -0.1) is 0 Å². The number of ether oxygens (including phenoxy) is 1. The molecule has 7 heteroatoms. The number of carbonyl (C=O) groups excluding carboxylic acids is 1. The molecule has 2 N–H and O–H groups in total. The quantitative estimate of drug-likeness (QED) is 0.615. The van der Waals surface area contributed by atoms with Gasteiger partial charge in [0.2, 0.25) is 0 Å². The zero-order valence-electron chi connectivity index (χ0n) is 11.9. The van der Waals surface area contributed by atoms with Crippen LogP contribution in [-0.4, -0.2) is 26.3 Å². The molecule has 0 aromatic heterocycles. The minimum Gasteiger partial charge on any atom is -0.465 e. The van der Waals surface area contributed by atoms with E-state index in [-0.39, 0.29) is 13.2 Å². The van der Waals surface area contributed by atoms with Gasteiger partial charge in [0, 0.05) is 0 Å². The zero-order chi connectivity index (χ0) is 15.2. The highest BCUT2D eigenvalue weighted by Crippen LogP contribution is 2.58. The first-order chi connectivity index (χ1) is 9.48. The van der Waals surface area contributed by atoms with E-state index in [1.54, 1.807) is 38.1 Å². The first-order valence-corrected chi connectivity index (χ1v) is 7.92. The minimum atomic E-state index is -3.42. The van der Waals surface area contributed by atoms with Crippen LogP contribution in [0, 0.1) is 0 Å². The average Bonchev–Trinajstić information content (AvgIpc) is 2.46. The van der Waals surface area contributed by atoms with E-state index in [0.29, 0.717) is 11.1 Å². The lowest BCUT2D eigenvalue weighted by Crippen LogP contribution is -2.15. The Balaban J connectivity index is 2.98. The van der Waals surface area contributed by atoms with Crippen LogP contribution in [-0.2, 0) is 18.3 Å². The van der Waals surface area contributed by atoms with Gasteiger partial charge in [-0.1, -0.05) is 12.1 Å². The van der Waals surface area contributed by atoms with Gasteiger partial charge in [0.25, 0.3) is 0 Å². The monoisotopic (exact) mass is 301 g/mol. The van der Waals surface area contributed by atoms with E-state index in [2.05, 4.69) is 4.74 Å². The molecule has 1 aromatic carbocycles. The van der Waals surface area contributed by atoms with Crippen LogP contribution in [0.1, 0.15) is 35.6 Å². The number of methoxy groups -OCH3 is 1. The molecule has 20 heavy (non-hydrogen) atoms. The highest BCUT2D eigenvalue weighted by molar-refractivity contribution is 7.54. The molecule has 1 rings (SSSR count). The fourth-order valence-electron chi connectivity index (χ4n) is 1.67. The van der Waals surface area contributed by atoms with Crippen molar-refractivity contribution in [1.82, 2.24) is 0 Å². The first-order valence-electron chi connectivity index (χ1n) is 6.31. The van der Waals surface area contributed by atoms with Gasteiger partial charge >= 0.3 is 13.6 Å². The van der Waals surface area contributed by atoms with Crippen molar-refractivity contribution in [2.24, 2.45) is 5.73 Å². The molecule has 1 atom stereocenters. The molecule has 0 radical (unpaired) electrons. The summed E-state index contributed by atoms with van der Waals surface area (Å²) in [5.74, 6) is -1.34. The smallest absolute Gasteiger partial charge is 0.351 e. The highest BCUT2D eigenvalue weighted by Gasteiger charge is 2.33. The molecule has 0 amide bonds. The molecule has 0 saturated heterocycles. The summed E-state index contributed by atoms with van der Waals surface area (Å²) in [6, 6.07) is 6.34. The van der Waals surface area contributed by atoms with Crippen molar-refractivity contribution >= 4 is 13.6 Å². The Labute approximate surface area is 118 Å². The second-order valence-corrected chi connectivity index (χ2v) is 6.09. The number of esters is 1. The van der Waals surface area contributed by atoms with E-state index in [1.165, 1.54) is 7.11 Å². The maximum atomic E-state index is 12.5. The summed E-state index contributed by atoms with van der Waals surface area (Å²) in [5, 5.41) is 0. The van der Waals surface area contributed by atoms with Crippen LogP contribution in [0.5, 0.6) is 0 Å². The van der Waals surface area contributed by atoms with Gasteiger partial charge in [0.15, 0.2) is 0 Å². The van der Waals surface area contributed by atoms with Gasteiger partial charge < -0.3 is 19.5 Å². The maximum Gasteiger partial charge on any atom is 0.351 e. The van der Waals surface area contributed by atoms with Crippen LogP contribution in [0.3, 0.4) is 0 Å². The van der Waals surface area contributed by atoms with Crippen molar-refractivity contribution in [3.63, 3.8) is 0 Å². The van der Waals surface area contributed by atoms with Crippen LogP contribution in [0.4, 0.5) is 0 Å². The van der Waals surface area contributed by atoms with Gasteiger partial charge in [0.05, 0.1) is 25.9 Å². The second-order valence-electron chi connectivity index (χ2n) is 3.93. The fourth-order valence-corrected chi connectivity index (χ4v) is 3.33. The molecule has 0 fully saturated rings. The third-order valence-corrected chi connectivity index (χ3v) is 4.85. The van der Waals surface area contributed by atoms with E-state index < -0.39 is 19.3 Å². The Morgan fingerprint density at radius 2 is 1.70 bits per heavy atom. The molecule has 0 spiro atoms. The Hall–Kier alpha value is -1.20. The number of nitrogens with two attached hydrogens (primary N) is 1. The van der Waals surface area contributed by atoms with Gasteiger partial charge in [0.1, 0.15) is 5.78 Å². The van der Waals surface area contributed by atoms with E-state index >= 15 is 0 Å². The first kappa shape index (κ1) is 16.9. The lowest BCUT2D eigenvalue weighted by Gasteiger charge is -2.23. The molecular formula is C13H20NO5P. The molecule has 0 saturated carbocycles. The Kier molecular flexibility index (Phi) is 6.36. The lowest BCUT2D eigenvalue weighted by molar-refractivity contribution is 0.0600. The number of hydrogen-bond acceptors (Lipinski definition) is 6. The molecule has 0 aliphatic heterocycles. The van der Waals surface area contributed by atoms with E-state index in [0.717, 1.165) is 0 Å². The molecule has 6 nitrogen and oxygen atoms in total. The number of hydrogen-bond donors (Lipinski definition) is 1. The topological polar surface area (TPSA) is 87.9 Å². The average molecular weight is 301 g/mol. The Bertz CT molecular complexity index is 478. The molecule has 1 aromatic rings. The zero-order valence-corrected chi connectivity index (χ0v) is 12.8. The fraction of sp³-hybridized carbons (Fsp3) is 0.462. The molecule has 0 bridgehead atoms. The molecule has 0 unspecified atom stereocenters. The van der Waals surface area contributed by atoms with Crippen molar-refractivity contribution in [2.75, 3.05) is 20.3 Å². The SMILES string of the molecule is CCOP(=O)(OCC)[C@@H](N)c1ccc(C(=O)OC)cc1. The van der Waals surface area contributed by atoms with Crippen LogP contribution >= 0.6 is 7.60 Å². The van der Waals surface area contributed by atoms with Gasteiger partial charge in [-0.05, 0) is 31.5 Å². The van der Waals surface area contributed by atoms with Gasteiger partial charge in [-0.25, -0.2) is 4.79 Å². The Morgan fingerprint density at radius 3 is 2.10 bits per heavy atom. The summed E-state index contributed by atoms with van der Waals surface area (Å²) < 4.78 is 27.5. The molecule has 0 aliphatic carbocycles. The summed E-state index contributed by atoms with van der Waals surface area (Å²) in [5.41, 5.74) is 6.94. The lowest BCUT2D eigenvalue weighted by atomic mass is 10.1. The van der Waals surface area contributed by atoms with Crippen molar-refractivity contribution in [2.45, 2.75) is 19.6 Å². The predicted molar refractivity (Wildman–Crippen MR) is 75.6 cm³/mol. The predicted octanol–water partition coefficient (Wildman–Crippen LogP) is 2.70. The van der Waals surface area contributed by atoms with Crippen molar-refractivity contribution in [3.8, 4) is 0 Å².